The van der Waals surface area contributed by atoms with Crippen LogP contribution in [0.1, 0.15) is 43.6 Å². The standard InChI is InChI=1S/C14H22N2O4S/c1-6-20-12-10(13(15)17)7-9(14(2,3)4)8-11(12)16-21(5,18)19/h7-8,16H,6H2,1-5H3,(H2,15,17). The van der Waals surface area contributed by atoms with E-state index in [-0.39, 0.29) is 29.0 Å². The Morgan fingerprint density at radius 2 is 1.90 bits per heavy atom. The molecule has 0 atom stereocenters. The largest absolute Gasteiger partial charge is 0.491 e. The van der Waals surface area contributed by atoms with E-state index in [4.69, 9.17) is 10.5 Å². The van der Waals surface area contributed by atoms with Crippen LogP contribution in [-0.2, 0) is 15.4 Å². The van der Waals surface area contributed by atoms with Crippen molar-refractivity contribution >= 4 is 21.6 Å². The summed E-state index contributed by atoms with van der Waals surface area (Å²) in [6, 6.07) is 3.30. The maximum absolute atomic E-state index is 11.7. The minimum absolute atomic E-state index is 0.156. The van der Waals surface area contributed by atoms with E-state index in [2.05, 4.69) is 4.72 Å². The molecule has 6 nitrogen and oxygen atoms in total. The molecule has 0 aromatic heterocycles. The van der Waals surface area contributed by atoms with Crippen molar-refractivity contribution < 1.29 is 17.9 Å². The molecule has 118 valence electrons. The molecule has 0 spiro atoms. The van der Waals surface area contributed by atoms with Gasteiger partial charge in [0.05, 0.1) is 24.1 Å². The van der Waals surface area contributed by atoms with Gasteiger partial charge < -0.3 is 10.5 Å². The summed E-state index contributed by atoms with van der Waals surface area (Å²) in [5.41, 5.74) is 6.29. The molecule has 7 heteroatoms. The molecule has 1 aromatic rings. The topological polar surface area (TPSA) is 98.5 Å². The molecule has 1 aromatic carbocycles. The molecular weight excluding hydrogens is 292 g/mol. The normalized spacial score (nSPS) is 12.0. The molecule has 0 saturated carbocycles. The number of hydrogen-bond donors (Lipinski definition) is 2. The summed E-state index contributed by atoms with van der Waals surface area (Å²) in [5.74, 6) is -0.510. The van der Waals surface area contributed by atoms with Gasteiger partial charge in [-0.1, -0.05) is 20.8 Å². The summed E-state index contributed by atoms with van der Waals surface area (Å²) >= 11 is 0. The Kier molecular flexibility index (Phi) is 4.88. The highest BCUT2D eigenvalue weighted by molar-refractivity contribution is 7.92. The Morgan fingerprint density at radius 3 is 2.29 bits per heavy atom. The zero-order valence-corrected chi connectivity index (χ0v) is 13.8. The fourth-order valence-corrected chi connectivity index (χ4v) is 2.37. The van der Waals surface area contributed by atoms with Crippen molar-refractivity contribution in [3.63, 3.8) is 0 Å². The van der Waals surface area contributed by atoms with Crippen molar-refractivity contribution in [2.75, 3.05) is 17.6 Å². The summed E-state index contributed by atoms with van der Waals surface area (Å²) in [4.78, 5) is 11.7. The summed E-state index contributed by atoms with van der Waals surface area (Å²) in [6.45, 7) is 7.90. The molecule has 0 unspecified atom stereocenters. The molecule has 0 radical (unpaired) electrons. The van der Waals surface area contributed by atoms with E-state index in [9.17, 15) is 13.2 Å². The number of nitrogens with one attached hydrogen (secondary N) is 1. The van der Waals surface area contributed by atoms with Crippen LogP contribution in [0, 0.1) is 0 Å². The lowest BCUT2D eigenvalue weighted by Gasteiger charge is -2.23. The van der Waals surface area contributed by atoms with Crippen molar-refractivity contribution in [3.05, 3.63) is 23.3 Å². The third kappa shape index (κ3) is 4.63. The van der Waals surface area contributed by atoms with E-state index in [0.717, 1.165) is 11.8 Å². The number of sulfonamides is 1. The number of hydrogen-bond acceptors (Lipinski definition) is 4. The maximum atomic E-state index is 11.7. The molecule has 0 aliphatic carbocycles. The minimum atomic E-state index is -3.50. The summed E-state index contributed by atoms with van der Waals surface area (Å²) in [6.07, 6.45) is 1.04. The van der Waals surface area contributed by atoms with Gasteiger partial charge in [0.2, 0.25) is 10.0 Å². The van der Waals surface area contributed by atoms with E-state index >= 15 is 0 Å². The quantitative estimate of drug-likeness (QED) is 0.866. The van der Waals surface area contributed by atoms with Gasteiger partial charge in [0, 0.05) is 0 Å². The van der Waals surface area contributed by atoms with Crippen molar-refractivity contribution in [2.45, 2.75) is 33.1 Å². The Bertz CT molecular complexity index is 646. The summed E-state index contributed by atoms with van der Waals surface area (Å²) < 4.78 is 30.8. The first-order valence-corrected chi connectivity index (χ1v) is 8.43. The van der Waals surface area contributed by atoms with Crippen molar-refractivity contribution in [1.82, 2.24) is 0 Å². The molecule has 1 rings (SSSR count). The highest BCUT2D eigenvalue weighted by Gasteiger charge is 2.23. The van der Waals surface area contributed by atoms with Crippen LogP contribution in [0.2, 0.25) is 0 Å². The number of carbonyl (C=O) groups excluding carboxylic acids is 1. The lowest BCUT2D eigenvalue weighted by atomic mass is 9.85. The summed E-state index contributed by atoms with van der Waals surface area (Å²) in [5, 5.41) is 0. The van der Waals surface area contributed by atoms with Gasteiger partial charge in [-0.25, -0.2) is 8.42 Å². The number of anilines is 1. The van der Waals surface area contributed by atoms with E-state index in [0.29, 0.717) is 0 Å². The molecule has 0 saturated heterocycles. The van der Waals surface area contributed by atoms with Crippen molar-refractivity contribution in [2.24, 2.45) is 5.73 Å². The van der Waals surface area contributed by atoms with Crippen LogP contribution in [0.5, 0.6) is 5.75 Å². The molecule has 0 bridgehead atoms. The van der Waals surface area contributed by atoms with Gasteiger partial charge in [0.25, 0.3) is 5.91 Å². The Labute approximate surface area is 125 Å². The van der Waals surface area contributed by atoms with Gasteiger partial charge in [0.1, 0.15) is 0 Å². The number of rotatable bonds is 5. The van der Waals surface area contributed by atoms with E-state index in [1.807, 2.05) is 20.8 Å². The fraction of sp³-hybridized carbons (Fsp3) is 0.500. The summed E-state index contributed by atoms with van der Waals surface area (Å²) in [7, 11) is -3.50. The monoisotopic (exact) mass is 314 g/mol. The lowest BCUT2D eigenvalue weighted by molar-refractivity contribution is 0.0996. The SMILES string of the molecule is CCOc1c(NS(C)(=O)=O)cc(C(C)(C)C)cc1C(N)=O. The number of benzene rings is 1. The predicted octanol–water partition coefficient (Wildman–Crippen LogP) is 1.85. The highest BCUT2D eigenvalue weighted by Crippen LogP contribution is 2.35. The Morgan fingerprint density at radius 1 is 1.33 bits per heavy atom. The molecule has 0 aliphatic heterocycles. The zero-order valence-electron chi connectivity index (χ0n) is 13.0. The third-order valence-corrected chi connectivity index (χ3v) is 3.40. The van der Waals surface area contributed by atoms with Crippen molar-refractivity contribution in [3.8, 4) is 5.75 Å². The third-order valence-electron chi connectivity index (χ3n) is 2.80. The first-order valence-electron chi connectivity index (χ1n) is 6.54. The average molecular weight is 314 g/mol. The number of carbonyl (C=O) groups is 1. The molecular formula is C14H22N2O4S. The second kappa shape index (κ2) is 5.93. The van der Waals surface area contributed by atoms with Crippen molar-refractivity contribution in [1.29, 1.82) is 0 Å². The number of ether oxygens (including phenoxy) is 1. The maximum Gasteiger partial charge on any atom is 0.252 e. The van der Waals surface area contributed by atoms with Crippen LogP contribution < -0.4 is 15.2 Å². The van der Waals surface area contributed by atoms with Crippen LogP contribution in [0.15, 0.2) is 12.1 Å². The van der Waals surface area contributed by atoms with Crippen LogP contribution >= 0.6 is 0 Å². The van der Waals surface area contributed by atoms with Gasteiger partial charge in [-0.05, 0) is 30.0 Å². The smallest absolute Gasteiger partial charge is 0.252 e. The zero-order chi connectivity index (χ0) is 16.4. The second-order valence-corrected chi connectivity index (χ2v) is 7.57. The van der Waals surface area contributed by atoms with Crippen LogP contribution in [0.3, 0.4) is 0 Å². The van der Waals surface area contributed by atoms with E-state index in [1.54, 1.807) is 19.1 Å². The lowest BCUT2D eigenvalue weighted by Crippen LogP contribution is -2.20. The highest BCUT2D eigenvalue weighted by atomic mass is 32.2. The van der Waals surface area contributed by atoms with Gasteiger partial charge in [-0.2, -0.15) is 0 Å². The van der Waals surface area contributed by atoms with Crippen LogP contribution in [0.25, 0.3) is 0 Å². The number of primary amides is 1. The number of nitrogens with two attached hydrogens (primary N) is 1. The van der Waals surface area contributed by atoms with Gasteiger partial charge >= 0.3 is 0 Å². The molecule has 0 heterocycles. The number of amides is 1. The minimum Gasteiger partial charge on any atom is -0.491 e. The van der Waals surface area contributed by atoms with Gasteiger partial charge in [-0.3, -0.25) is 9.52 Å². The molecule has 3 N–H and O–H groups in total. The van der Waals surface area contributed by atoms with Gasteiger partial charge in [0.15, 0.2) is 5.75 Å². The van der Waals surface area contributed by atoms with E-state index in [1.165, 1.54) is 0 Å². The Balaban J connectivity index is 3.62. The first-order chi connectivity index (χ1) is 9.45. The first kappa shape index (κ1) is 17.3. The molecule has 0 aliphatic rings. The van der Waals surface area contributed by atoms with Gasteiger partial charge in [-0.15, -0.1) is 0 Å². The average Bonchev–Trinajstić information content (AvgIpc) is 2.27. The van der Waals surface area contributed by atoms with Crippen LogP contribution in [0.4, 0.5) is 5.69 Å². The fourth-order valence-electron chi connectivity index (χ4n) is 1.82. The predicted molar refractivity (Wildman–Crippen MR) is 83.3 cm³/mol. The molecule has 21 heavy (non-hydrogen) atoms. The van der Waals surface area contributed by atoms with Crippen LogP contribution in [-0.4, -0.2) is 27.2 Å². The molecule has 1 amide bonds. The Hall–Kier alpha value is -1.76. The molecule has 0 fully saturated rings. The van der Waals surface area contributed by atoms with E-state index < -0.39 is 15.9 Å². The second-order valence-electron chi connectivity index (χ2n) is 5.82.